The average Bonchev–Trinajstić information content (AvgIpc) is 0.919. The summed E-state index contributed by atoms with van der Waals surface area (Å²) in [7, 11) is 9.74. The van der Waals surface area contributed by atoms with Crippen LogP contribution in [0.1, 0.15) is 148 Å². The molecule has 0 unspecified atom stereocenters. The Balaban J connectivity index is 3.04. The first-order valence-electron chi connectivity index (χ1n) is 31.7. The number of benzene rings is 1. The molecule has 1 aromatic rings. The fraction of sp³-hybridized carbons (Fsp3) is 0.712. The number of nitrogens with one attached hydrogen (secondary N) is 4. The highest BCUT2D eigenvalue weighted by Gasteiger charge is 2.46. The fourth-order valence-electron chi connectivity index (χ4n) is 11.1. The van der Waals surface area contributed by atoms with Crippen LogP contribution in [-0.4, -0.2) is 232 Å². The number of carbonyl (C=O) groups is 11. The molecule has 1 aliphatic rings. The van der Waals surface area contributed by atoms with Crippen molar-refractivity contribution in [3.05, 3.63) is 42.0 Å². The molecule has 12 atom stereocenters. The smallest absolute Gasteiger partial charge is 0.246 e. The van der Waals surface area contributed by atoms with Gasteiger partial charge in [-0.25, -0.2) is 0 Å². The predicted octanol–water partition coefficient (Wildman–Crippen LogP) is 3.56. The third kappa shape index (κ3) is 21.5. The van der Waals surface area contributed by atoms with Gasteiger partial charge in [0.1, 0.15) is 66.2 Å². The second-order valence-electron chi connectivity index (χ2n) is 27.4. The molecule has 0 spiro atoms. The van der Waals surface area contributed by atoms with Gasteiger partial charge < -0.3 is 65.8 Å². The average molecular weight is 1270 g/mol. The number of likely N-dealkylation sites (N-methyl/N-ethyl adjacent to an activating group) is 7. The van der Waals surface area contributed by atoms with Gasteiger partial charge in [-0.15, -0.1) is 0 Å². The summed E-state index contributed by atoms with van der Waals surface area (Å²) in [6.45, 7) is 27.1. The summed E-state index contributed by atoms with van der Waals surface area (Å²) in [5.41, 5.74) is -0.500. The van der Waals surface area contributed by atoms with Crippen molar-refractivity contribution < 1.29 is 63.0 Å². The molecular weight excluding hydrogens is 1150 g/mol. The number of aromatic hydroxyl groups is 1. The second kappa shape index (κ2) is 34.9. The Labute approximate surface area is 536 Å². The van der Waals surface area contributed by atoms with E-state index in [9.17, 15) is 48.6 Å². The summed E-state index contributed by atoms with van der Waals surface area (Å²) < 4.78 is 0. The van der Waals surface area contributed by atoms with E-state index in [1.165, 1.54) is 90.0 Å². The van der Waals surface area contributed by atoms with E-state index in [1.54, 1.807) is 79.7 Å². The maximum absolute atomic E-state index is 15.2. The largest absolute Gasteiger partial charge is 0.508 e. The molecule has 0 aliphatic carbocycles. The molecule has 90 heavy (non-hydrogen) atoms. The van der Waals surface area contributed by atoms with Crippen molar-refractivity contribution in [1.29, 1.82) is 0 Å². The molecule has 11 amide bonds. The SMILES string of the molecule is C/C=C/C[C@@H](C)[C@@H](O)[C@H]1C(=O)N[C@@H](CC)C(=O)N(C)CC(=O)N(C)[C@@H](Cc2ccc(O)cc2)C(=O)N[C@@H](C(C)(C)C)C(=O)N(C)[C@@H](C)C(=O)N[C@@H](CC(C)C)C(=O)N[C@H](C)C(=O)N(C)[C@@H](CC(C)C)C(=O)N(C)[C@H](CC(C)C)C(=O)N(C)[C@@H](C(C)C)C(=O)N1C. The first-order valence-corrected chi connectivity index (χ1v) is 31.7. The van der Waals surface area contributed by atoms with Crippen LogP contribution >= 0.6 is 0 Å². The highest BCUT2D eigenvalue weighted by atomic mass is 16.3. The minimum Gasteiger partial charge on any atom is -0.508 e. The van der Waals surface area contributed by atoms with Crippen LogP contribution in [0.4, 0.5) is 0 Å². The number of phenolic OH excluding ortho intramolecular Hbond substituents is 1. The van der Waals surface area contributed by atoms with Gasteiger partial charge in [0.15, 0.2) is 0 Å². The number of rotatable bonds is 14. The van der Waals surface area contributed by atoms with Gasteiger partial charge in [0.25, 0.3) is 0 Å². The lowest BCUT2D eigenvalue weighted by molar-refractivity contribution is -0.157. The van der Waals surface area contributed by atoms with Crippen LogP contribution in [0.5, 0.6) is 5.75 Å². The Morgan fingerprint density at radius 2 is 1.03 bits per heavy atom. The van der Waals surface area contributed by atoms with Crippen LogP contribution < -0.4 is 21.3 Å². The van der Waals surface area contributed by atoms with Crippen molar-refractivity contribution in [2.75, 3.05) is 55.9 Å². The van der Waals surface area contributed by atoms with Crippen LogP contribution in [0.15, 0.2) is 36.4 Å². The van der Waals surface area contributed by atoms with E-state index in [0.717, 1.165) is 19.6 Å². The number of phenols is 1. The Hall–Kier alpha value is -7.11. The molecule has 1 aliphatic heterocycles. The Morgan fingerprint density at radius 1 is 0.544 bits per heavy atom. The van der Waals surface area contributed by atoms with E-state index in [0.29, 0.717) is 12.0 Å². The van der Waals surface area contributed by atoms with Gasteiger partial charge in [-0.05, 0) is 106 Å². The van der Waals surface area contributed by atoms with E-state index in [-0.39, 0.29) is 55.6 Å². The molecule has 6 N–H and O–H groups in total. The quantitative estimate of drug-likeness (QED) is 0.146. The summed E-state index contributed by atoms with van der Waals surface area (Å²) in [5.74, 6) is -9.66. The normalized spacial score (nSPS) is 26.1. The van der Waals surface area contributed by atoms with Crippen LogP contribution in [0.3, 0.4) is 0 Å². The van der Waals surface area contributed by atoms with E-state index < -0.39 is 155 Å². The lowest BCUT2D eigenvalue weighted by Gasteiger charge is -2.41. The monoisotopic (exact) mass is 1270 g/mol. The van der Waals surface area contributed by atoms with Crippen molar-refractivity contribution in [1.82, 2.24) is 55.6 Å². The molecule has 24 nitrogen and oxygen atoms in total. The van der Waals surface area contributed by atoms with E-state index in [4.69, 9.17) is 0 Å². The lowest BCUT2D eigenvalue weighted by atomic mass is 9.85. The summed E-state index contributed by atoms with van der Waals surface area (Å²) >= 11 is 0. The van der Waals surface area contributed by atoms with Crippen LogP contribution in [0.25, 0.3) is 0 Å². The first-order chi connectivity index (χ1) is 41.6. The van der Waals surface area contributed by atoms with E-state index in [2.05, 4.69) is 21.3 Å². The Morgan fingerprint density at radius 3 is 1.51 bits per heavy atom. The molecule has 0 bridgehead atoms. The molecule has 0 aromatic heterocycles. The summed E-state index contributed by atoms with van der Waals surface area (Å²) in [6.07, 6.45) is 2.58. The maximum Gasteiger partial charge on any atom is 0.246 e. The van der Waals surface area contributed by atoms with Gasteiger partial charge in [0.05, 0.1) is 12.6 Å². The predicted molar refractivity (Wildman–Crippen MR) is 345 cm³/mol. The van der Waals surface area contributed by atoms with Crippen LogP contribution in [0, 0.1) is 35.0 Å². The number of nitrogens with zero attached hydrogens (tertiary/aromatic N) is 7. The van der Waals surface area contributed by atoms with Crippen LogP contribution in [-0.2, 0) is 59.2 Å². The van der Waals surface area contributed by atoms with Crippen molar-refractivity contribution in [3.63, 3.8) is 0 Å². The highest BCUT2D eigenvalue weighted by molar-refractivity contribution is 5.99. The number of carbonyl (C=O) groups excluding carboxylic acids is 11. The minimum absolute atomic E-state index is 0.0136. The van der Waals surface area contributed by atoms with Gasteiger partial charge in [-0.3, -0.25) is 52.7 Å². The van der Waals surface area contributed by atoms with Crippen molar-refractivity contribution in [3.8, 4) is 5.75 Å². The zero-order chi connectivity index (χ0) is 69.3. The third-order valence-electron chi connectivity index (χ3n) is 17.0. The number of allylic oxidation sites excluding steroid dienone is 2. The Kier molecular flexibility index (Phi) is 30.6. The van der Waals surface area contributed by atoms with Crippen molar-refractivity contribution in [2.45, 2.75) is 216 Å². The molecule has 1 saturated heterocycles. The molecule has 24 heteroatoms. The third-order valence-corrected chi connectivity index (χ3v) is 17.0. The van der Waals surface area contributed by atoms with Gasteiger partial charge >= 0.3 is 0 Å². The number of amides is 11. The molecule has 1 aromatic carbocycles. The lowest BCUT2D eigenvalue weighted by Crippen LogP contribution is -2.63. The fourth-order valence-corrected chi connectivity index (χ4v) is 11.1. The van der Waals surface area contributed by atoms with Gasteiger partial charge in [-0.1, -0.05) is 114 Å². The second-order valence-corrected chi connectivity index (χ2v) is 27.4. The number of hydrogen-bond acceptors (Lipinski definition) is 13. The summed E-state index contributed by atoms with van der Waals surface area (Å²) in [4.78, 5) is 170. The number of aliphatic hydroxyl groups is 1. The molecule has 2 rings (SSSR count). The Bertz CT molecular complexity index is 2680. The van der Waals surface area contributed by atoms with Gasteiger partial charge in [0, 0.05) is 55.8 Å². The van der Waals surface area contributed by atoms with Crippen molar-refractivity contribution >= 4 is 65.0 Å². The first kappa shape index (κ1) is 79.0. The topological polar surface area (TPSA) is 299 Å². The van der Waals surface area contributed by atoms with Crippen LogP contribution in [0.2, 0.25) is 0 Å². The highest BCUT2D eigenvalue weighted by Crippen LogP contribution is 2.27. The maximum atomic E-state index is 15.2. The molecular formula is C66H111N11O13. The van der Waals surface area contributed by atoms with Gasteiger partial charge in [0.2, 0.25) is 65.0 Å². The standard InChI is InChI=1S/C66H111N11O13/c1-24-26-27-41(11)54(80)53-59(84)68-46(25-2)61(86)71(17)36-51(79)73(19)48(35-44-28-30-45(78)31-29-44)58(83)70-55(66(14,15)16)65(90)72(18)43(13)56(81)69-47(32-37(3)4)57(82)67-42(12)60(85)74(20)49(33-38(5)6)62(87)75(21)50(34-39(7)8)63(88)76(22)52(40(9)10)64(89)77(53)23/h24,26,28-31,37-43,46-50,52-55,78,80H,25,27,32-36H2,1-23H3,(H,67,82)(H,68,84)(H,69,81)(H,70,83)/b26-24+/t41-,42-,43+,46+,47+,48+,49+,50-,52+,53+,54-,55-/m1/s1. The van der Waals surface area contributed by atoms with Crippen molar-refractivity contribution in [2.24, 2.45) is 35.0 Å². The minimum atomic E-state index is -1.64. The van der Waals surface area contributed by atoms with E-state index in [1.807, 2.05) is 41.5 Å². The van der Waals surface area contributed by atoms with Gasteiger partial charge in [-0.2, -0.15) is 0 Å². The molecule has 1 heterocycles. The molecule has 1 fully saturated rings. The number of hydrogen-bond donors (Lipinski definition) is 6. The van der Waals surface area contributed by atoms with E-state index >= 15 is 14.4 Å². The zero-order valence-corrected chi connectivity index (χ0v) is 58.2. The summed E-state index contributed by atoms with van der Waals surface area (Å²) in [5, 5.41) is 33.4. The number of aliphatic hydroxyl groups excluding tert-OH is 1. The summed E-state index contributed by atoms with van der Waals surface area (Å²) in [6, 6.07) is -6.99. The molecule has 508 valence electrons. The molecule has 0 radical (unpaired) electrons. The zero-order valence-electron chi connectivity index (χ0n) is 58.2. The molecule has 0 saturated carbocycles.